The fraction of sp³-hybridized carbons (Fsp3) is 0.607. The van der Waals surface area contributed by atoms with Crippen LogP contribution in [0.4, 0.5) is 0 Å². The molecule has 5 nitrogen and oxygen atoms in total. The molecule has 0 aromatic carbocycles. The zero-order valence-electron chi connectivity index (χ0n) is 22.8. The van der Waals surface area contributed by atoms with Crippen molar-refractivity contribution < 1.29 is 9.59 Å². The van der Waals surface area contributed by atoms with Crippen molar-refractivity contribution in [2.45, 2.75) is 86.6 Å². The van der Waals surface area contributed by atoms with Gasteiger partial charge < -0.3 is 10.7 Å². The summed E-state index contributed by atoms with van der Waals surface area (Å²) in [5.41, 5.74) is 1.18. The largest absolute Gasteiger partial charge is 0.352 e. The van der Waals surface area contributed by atoms with Crippen molar-refractivity contribution >= 4 is 17.9 Å². The number of unbranched alkanes of at least 4 members (excludes halogenated alkanes) is 1. The first-order valence-corrected chi connectivity index (χ1v) is 12.3. The second-order valence-electron chi connectivity index (χ2n) is 7.74. The third-order valence-corrected chi connectivity index (χ3v) is 4.73. The Morgan fingerprint density at radius 1 is 1.09 bits per heavy atom. The van der Waals surface area contributed by atoms with Gasteiger partial charge in [-0.05, 0) is 71.5 Å². The van der Waals surface area contributed by atoms with Crippen LogP contribution in [0.1, 0.15) is 80.6 Å². The van der Waals surface area contributed by atoms with Crippen LogP contribution in [0.5, 0.6) is 0 Å². The number of hydrogen-bond acceptors (Lipinski definition) is 4. The van der Waals surface area contributed by atoms with E-state index in [-0.39, 0.29) is 23.3 Å². The maximum Gasteiger partial charge on any atom is 0.254 e. The highest BCUT2D eigenvalue weighted by Crippen LogP contribution is 2.16. The highest BCUT2D eigenvalue weighted by Gasteiger charge is 2.20. The van der Waals surface area contributed by atoms with E-state index in [0.717, 1.165) is 37.7 Å². The average molecular weight is 462 g/mol. The zero-order chi connectivity index (χ0) is 26.2. The highest BCUT2D eigenvalue weighted by atomic mass is 16.2. The van der Waals surface area contributed by atoms with Crippen molar-refractivity contribution in [2.24, 2.45) is 5.92 Å². The summed E-state index contributed by atoms with van der Waals surface area (Å²) in [5, 5.41) is 9.08. The van der Waals surface area contributed by atoms with Gasteiger partial charge in [0.15, 0.2) is 5.78 Å². The molecule has 0 radical (unpaired) electrons. The Kier molecular flexibility index (Phi) is 26.1. The van der Waals surface area contributed by atoms with Gasteiger partial charge in [-0.25, -0.2) is 0 Å². The van der Waals surface area contributed by atoms with Gasteiger partial charge in [0, 0.05) is 6.54 Å². The number of carbonyl (C=O) groups is 2. The molecule has 0 aromatic heterocycles. The van der Waals surface area contributed by atoms with E-state index in [2.05, 4.69) is 25.7 Å². The topological polar surface area (TPSA) is 73.3 Å². The number of likely N-dealkylation sites (N-methyl/N-ethyl adjacent to an activating group) is 1. The number of nitrogens with zero attached hydrogens (tertiary/aromatic N) is 1. The lowest BCUT2D eigenvalue weighted by Gasteiger charge is -2.24. The van der Waals surface area contributed by atoms with Gasteiger partial charge in [-0.15, -0.1) is 0 Å². The summed E-state index contributed by atoms with van der Waals surface area (Å²) in [6, 6.07) is -0.189. The first kappa shape index (κ1) is 35.3. The Balaban J connectivity index is -0.00000165. The summed E-state index contributed by atoms with van der Waals surface area (Å²) in [7, 11) is 3.86. The minimum absolute atomic E-state index is 0.189. The summed E-state index contributed by atoms with van der Waals surface area (Å²) in [4.78, 5) is 27.0. The molecule has 5 heteroatoms. The number of allylic oxidation sites excluding steroid dienone is 3. The molecule has 2 atom stereocenters. The molecule has 33 heavy (non-hydrogen) atoms. The fourth-order valence-electron chi connectivity index (χ4n) is 3.22. The molecule has 2 unspecified atom stereocenters. The van der Waals surface area contributed by atoms with Gasteiger partial charge in [0.2, 0.25) is 0 Å². The van der Waals surface area contributed by atoms with Crippen molar-refractivity contribution in [2.75, 3.05) is 20.6 Å². The second kappa shape index (κ2) is 24.4. The molecule has 190 valence electrons. The molecule has 0 aliphatic carbocycles. The molecule has 0 fully saturated rings. The first-order valence-electron chi connectivity index (χ1n) is 12.3. The minimum Gasteiger partial charge on any atom is -0.352 e. The maximum atomic E-state index is 12.8. The lowest BCUT2D eigenvalue weighted by Crippen LogP contribution is -2.35. The van der Waals surface area contributed by atoms with Crippen LogP contribution in [-0.4, -0.2) is 49.5 Å². The maximum absolute atomic E-state index is 12.8. The molecule has 0 saturated heterocycles. The van der Waals surface area contributed by atoms with Crippen molar-refractivity contribution in [3.05, 3.63) is 48.1 Å². The predicted octanol–water partition coefficient (Wildman–Crippen LogP) is 6.53. The molecule has 0 rings (SSSR count). The van der Waals surface area contributed by atoms with Crippen LogP contribution in [0.3, 0.4) is 0 Å². The quantitative estimate of drug-likeness (QED) is 0.102. The van der Waals surface area contributed by atoms with E-state index in [1.54, 1.807) is 19.1 Å². The number of ketones is 1. The summed E-state index contributed by atoms with van der Waals surface area (Å²) in [5.74, 6) is -0.0373. The van der Waals surface area contributed by atoms with Crippen LogP contribution in [0.25, 0.3) is 0 Å². The summed E-state index contributed by atoms with van der Waals surface area (Å²) >= 11 is 0. The molecular weight excluding hydrogens is 410 g/mol. The van der Waals surface area contributed by atoms with E-state index in [9.17, 15) is 9.59 Å². The molecule has 0 aliphatic rings. The number of rotatable bonds is 14. The molecular formula is C28H51N3O2. The lowest BCUT2D eigenvalue weighted by atomic mass is 9.96. The van der Waals surface area contributed by atoms with Gasteiger partial charge >= 0.3 is 0 Å². The summed E-state index contributed by atoms with van der Waals surface area (Å²) in [6.45, 7) is 17.8. The summed E-state index contributed by atoms with van der Waals surface area (Å²) in [6.07, 6.45) is 16.2. The van der Waals surface area contributed by atoms with Crippen molar-refractivity contribution in [3.8, 4) is 0 Å². The Morgan fingerprint density at radius 2 is 1.67 bits per heavy atom. The minimum atomic E-state index is -0.282. The van der Waals surface area contributed by atoms with Gasteiger partial charge in [0.05, 0.1) is 11.6 Å². The van der Waals surface area contributed by atoms with Gasteiger partial charge in [-0.3, -0.25) is 14.5 Å². The zero-order valence-corrected chi connectivity index (χ0v) is 22.8. The van der Waals surface area contributed by atoms with Gasteiger partial charge in [0.1, 0.15) is 0 Å². The number of hydrogen-bond donors (Lipinski definition) is 2. The van der Waals surface area contributed by atoms with E-state index >= 15 is 0 Å². The van der Waals surface area contributed by atoms with E-state index in [0.29, 0.717) is 12.5 Å². The number of amides is 1. The van der Waals surface area contributed by atoms with E-state index < -0.39 is 0 Å². The van der Waals surface area contributed by atoms with Crippen molar-refractivity contribution in [1.82, 2.24) is 10.2 Å². The van der Waals surface area contributed by atoms with Crippen LogP contribution >= 0.6 is 0 Å². The third kappa shape index (κ3) is 17.9. The molecule has 0 bridgehead atoms. The molecule has 0 saturated carbocycles. The first-order chi connectivity index (χ1) is 15.7. The number of Topliss-reactive ketones (excluding diaryl/α,β-unsaturated/α-hetero) is 1. The van der Waals surface area contributed by atoms with E-state index in [1.165, 1.54) is 13.1 Å². The average Bonchev–Trinajstić information content (AvgIpc) is 2.77. The summed E-state index contributed by atoms with van der Waals surface area (Å²) < 4.78 is 0. The van der Waals surface area contributed by atoms with Crippen molar-refractivity contribution in [3.63, 3.8) is 0 Å². The lowest BCUT2D eigenvalue weighted by molar-refractivity contribution is -0.121. The SMILES string of the molecule is C=C/C=C(\C=C/C)C(/C=C(\C(C)=O)C(=O)NCC(CCC)CCCC)N(C)C.CC.CC=N. The van der Waals surface area contributed by atoms with Crippen LogP contribution in [0.15, 0.2) is 48.1 Å². The van der Waals surface area contributed by atoms with Crippen LogP contribution in [0, 0.1) is 11.3 Å². The molecule has 0 spiro atoms. The molecule has 0 aliphatic heterocycles. The Bertz CT molecular complexity index is 631. The van der Waals surface area contributed by atoms with Crippen LogP contribution < -0.4 is 5.32 Å². The molecule has 0 aromatic rings. The second-order valence-corrected chi connectivity index (χ2v) is 7.74. The third-order valence-electron chi connectivity index (χ3n) is 4.73. The standard InChI is InChI=1S/C24H40N2O2.C2H5N.C2H6/c1-8-12-16-20(13-9-2)18-25-24(28)22(19(5)27)17-23(26(6)7)21(14-10-3)15-11-4;1-2-3;1-2/h10-11,14-15,17,20,23H,3,8-9,12-13,16,18H2,1-2,4-7H3,(H,25,28);2-3H,1H3;1-2H3/b15-11-,21-14+,22-17+;;. The Hall–Kier alpha value is -2.27. The van der Waals surface area contributed by atoms with Gasteiger partial charge in [-0.1, -0.05) is 77.8 Å². The molecule has 1 amide bonds. The Morgan fingerprint density at radius 3 is 2.06 bits per heavy atom. The van der Waals surface area contributed by atoms with Gasteiger partial charge in [0.25, 0.3) is 5.91 Å². The monoisotopic (exact) mass is 461 g/mol. The smallest absolute Gasteiger partial charge is 0.254 e. The molecule has 0 heterocycles. The predicted molar refractivity (Wildman–Crippen MR) is 146 cm³/mol. The molecule has 2 N–H and O–H groups in total. The normalized spacial score (nSPS) is 13.3. The van der Waals surface area contributed by atoms with Crippen LogP contribution in [0.2, 0.25) is 0 Å². The number of nitrogens with one attached hydrogen (secondary N) is 2. The number of carbonyl (C=O) groups excluding carboxylic acids is 2. The van der Waals surface area contributed by atoms with E-state index in [1.807, 2.05) is 58.0 Å². The van der Waals surface area contributed by atoms with E-state index in [4.69, 9.17) is 5.41 Å². The fourth-order valence-corrected chi connectivity index (χ4v) is 3.22. The van der Waals surface area contributed by atoms with Crippen molar-refractivity contribution in [1.29, 1.82) is 5.41 Å². The van der Waals surface area contributed by atoms with Gasteiger partial charge in [-0.2, -0.15) is 0 Å². The van der Waals surface area contributed by atoms with Crippen LogP contribution in [-0.2, 0) is 9.59 Å². The highest BCUT2D eigenvalue weighted by molar-refractivity contribution is 6.18. The Labute approximate surface area is 204 Å².